The Hall–Kier alpha value is -0.630. The van der Waals surface area contributed by atoms with Crippen molar-refractivity contribution in [2.45, 2.75) is 18.9 Å². The maximum absolute atomic E-state index is 12.9. The average Bonchev–Trinajstić information content (AvgIpc) is 2.86. The van der Waals surface area contributed by atoms with Gasteiger partial charge in [0.25, 0.3) is 10.0 Å². The minimum Gasteiger partial charge on any atom is -0.308 e. The Morgan fingerprint density at radius 2 is 1.67 bits per heavy atom. The molecule has 0 bridgehead atoms. The molecule has 0 unspecified atom stereocenters. The molecule has 21 heavy (non-hydrogen) atoms. The fraction of sp³-hybridized carbons (Fsp3) is 0.769. The van der Waals surface area contributed by atoms with Crippen molar-refractivity contribution in [2.75, 3.05) is 33.2 Å². The summed E-state index contributed by atoms with van der Waals surface area (Å²) in [7, 11) is 0.160. The monoisotopic (exact) mass is 332 g/mol. The molecule has 0 spiro atoms. The number of aromatic nitrogens is 2. The standard InChI is InChI=1S/C13H21ClN4O2S/c1-12-6-16(3)7-13(12,2)9-18(8-12)21(19,20)10-5-15-11(14)17(10)4/h5H,6-9H2,1-4H3/t12-,13-/m0/s1. The lowest BCUT2D eigenvalue weighted by molar-refractivity contribution is 0.212. The molecule has 6 nitrogen and oxygen atoms in total. The Kier molecular flexibility index (Phi) is 3.23. The van der Waals surface area contributed by atoms with Gasteiger partial charge in [0, 0.05) is 44.1 Å². The number of nitrogens with zero attached hydrogens (tertiary/aromatic N) is 4. The van der Waals surface area contributed by atoms with Gasteiger partial charge in [-0.1, -0.05) is 13.8 Å². The van der Waals surface area contributed by atoms with Crippen LogP contribution in [0.1, 0.15) is 13.8 Å². The van der Waals surface area contributed by atoms with Crippen LogP contribution in [0.4, 0.5) is 0 Å². The van der Waals surface area contributed by atoms with E-state index in [4.69, 9.17) is 11.6 Å². The highest BCUT2D eigenvalue weighted by Gasteiger charge is 2.59. The number of sulfonamides is 1. The molecule has 0 amide bonds. The smallest absolute Gasteiger partial charge is 0.260 e. The van der Waals surface area contributed by atoms with Gasteiger partial charge in [0.05, 0.1) is 6.20 Å². The molecule has 2 fully saturated rings. The van der Waals surface area contributed by atoms with Crippen LogP contribution in [0.3, 0.4) is 0 Å². The molecule has 2 saturated heterocycles. The minimum atomic E-state index is -3.55. The molecule has 3 heterocycles. The van der Waals surface area contributed by atoms with Gasteiger partial charge in [-0.3, -0.25) is 0 Å². The second kappa shape index (κ2) is 4.44. The summed E-state index contributed by atoms with van der Waals surface area (Å²) in [5.74, 6) is 0. The summed E-state index contributed by atoms with van der Waals surface area (Å²) in [6, 6.07) is 0. The van der Waals surface area contributed by atoms with Gasteiger partial charge < -0.3 is 9.47 Å². The first-order valence-electron chi connectivity index (χ1n) is 6.95. The van der Waals surface area contributed by atoms with Crippen molar-refractivity contribution in [1.82, 2.24) is 18.8 Å². The second-order valence-corrected chi connectivity index (χ2v) is 9.21. The number of rotatable bonds is 2. The van der Waals surface area contributed by atoms with Gasteiger partial charge in [-0.25, -0.2) is 13.4 Å². The normalized spacial score (nSPS) is 34.5. The van der Waals surface area contributed by atoms with Crippen LogP contribution in [0.5, 0.6) is 0 Å². The molecular weight excluding hydrogens is 312 g/mol. The lowest BCUT2D eigenvalue weighted by Crippen LogP contribution is -2.35. The Morgan fingerprint density at radius 1 is 1.14 bits per heavy atom. The van der Waals surface area contributed by atoms with E-state index in [1.165, 1.54) is 10.8 Å². The van der Waals surface area contributed by atoms with Crippen molar-refractivity contribution < 1.29 is 8.42 Å². The van der Waals surface area contributed by atoms with Crippen LogP contribution in [0.25, 0.3) is 0 Å². The zero-order valence-electron chi connectivity index (χ0n) is 12.8. The van der Waals surface area contributed by atoms with E-state index in [0.717, 1.165) is 13.1 Å². The highest BCUT2D eigenvalue weighted by molar-refractivity contribution is 7.89. The molecule has 0 aliphatic carbocycles. The molecule has 0 N–H and O–H groups in total. The molecule has 3 rings (SSSR count). The van der Waals surface area contributed by atoms with Crippen LogP contribution < -0.4 is 0 Å². The van der Waals surface area contributed by atoms with Crippen LogP contribution in [0.2, 0.25) is 5.28 Å². The van der Waals surface area contributed by atoms with E-state index in [-0.39, 0.29) is 21.1 Å². The Bertz CT molecular complexity index is 668. The summed E-state index contributed by atoms with van der Waals surface area (Å²) in [4.78, 5) is 6.17. The summed E-state index contributed by atoms with van der Waals surface area (Å²) in [5.41, 5.74) is -0.0333. The maximum atomic E-state index is 12.9. The van der Waals surface area contributed by atoms with E-state index in [2.05, 4.69) is 30.8 Å². The van der Waals surface area contributed by atoms with Crippen molar-refractivity contribution >= 4 is 21.6 Å². The predicted molar refractivity (Wildman–Crippen MR) is 80.7 cm³/mol. The second-order valence-electron chi connectivity index (χ2n) is 6.99. The molecule has 1 aromatic rings. The van der Waals surface area contributed by atoms with E-state index >= 15 is 0 Å². The van der Waals surface area contributed by atoms with Gasteiger partial charge in [0.2, 0.25) is 5.28 Å². The van der Waals surface area contributed by atoms with Crippen molar-refractivity contribution in [1.29, 1.82) is 0 Å². The zero-order valence-corrected chi connectivity index (χ0v) is 14.4. The van der Waals surface area contributed by atoms with Gasteiger partial charge in [-0.2, -0.15) is 4.31 Å². The van der Waals surface area contributed by atoms with Crippen molar-refractivity contribution in [3.63, 3.8) is 0 Å². The van der Waals surface area contributed by atoms with Gasteiger partial charge in [-0.05, 0) is 18.6 Å². The lowest BCUT2D eigenvalue weighted by atomic mass is 9.71. The number of hydrogen-bond acceptors (Lipinski definition) is 4. The predicted octanol–water partition coefficient (Wildman–Crippen LogP) is 1.04. The van der Waals surface area contributed by atoms with Crippen LogP contribution >= 0.6 is 11.6 Å². The molecule has 0 saturated carbocycles. The Morgan fingerprint density at radius 3 is 2.10 bits per heavy atom. The van der Waals surface area contributed by atoms with Crippen molar-refractivity contribution in [2.24, 2.45) is 17.9 Å². The van der Waals surface area contributed by atoms with Crippen molar-refractivity contribution in [3.8, 4) is 0 Å². The van der Waals surface area contributed by atoms with Crippen LogP contribution in [0, 0.1) is 10.8 Å². The van der Waals surface area contributed by atoms with E-state index in [1.54, 1.807) is 11.4 Å². The zero-order chi connectivity index (χ0) is 15.6. The topological polar surface area (TPSA) is 58.4 Å². The van der Waals surface area contributed by atoms with E-state index in [1.807, 2.05) is 0 Å². The van der Waals surface area contributed by atoms with Crippen molar-refractivity contribution in [3.05, 3.63) is 11.5 Å². The molecular formula is C13H21ClN4O2S. The summed E-state index contributed by atoms with van der Waals surface area (Å²) in [5, 5.41) is 0.346. The number of likely N-dealkylation sites (tertiary alicyclic amines) is 1. The van der Waals surface area contributed by atoms with Crippen LogP contribution in [0.15, 0.2) is 11.2 Å². The van der Waals surface area contributed by atoms with Crippen LogP contribution in [-0.4, -0.2) is 60.4 Å². The third kappa shape index (κ3) is 2.05. The number of imidazole rings is 1. The number of halogens is 1. The molecule has 2 aliphatic rings. The fourth-order valence-electron chi connectivity index (χ4n) is 3.86. The van der Waals surface area contributed by atoms with Gasteiger partial charge in [-0.15, -0.1) is 0 Å². The maximum Gasteiger partial charge on any atom is 0.260 e. The molecule has 0 aromatic carbocycles. The van der Waals surface area contributed by atoms with E-state index in [0.29, 0.717) is 13.1 Å². The first kappa shape index (κ1) is 15.3. The Balaban J connectivity index is 1.96. The molecule has 2 aliphatic heterocycles. The largest absolute Gasteiger partial charge is 0.308 e. The molecule has 1 aromatic heterocycles. The van der Waals surface area contributed by atoms with Crippen LogP contribution in [-0.2, 0) is 17.1 Å². The SMILES string of the molecule is CN1C[C@@]2(C)CN(S(=O)(=O)c3cnc(Cl)n3C)C[C@]2(C)C1. The number of hydrogen-bond donors (Lipinski definition) is 0. The summed E-state index contributed by atoms with van der Waals surface area (Å²) in [6.45, 7) is 7.28. The Labute approximate surface area is 130 Å². The molecule has 8 heteroatoms. The van der Waals surface area contributed by atoms with E-state index in [9.17, 15) is 8.42 Å². The average molecular weight is 333 g/mol. The third-order valence-electron chi connectivity index (χ3n) is 5.24. The highest BCUT2D eigenvalue weighted by Crippen LogP contribution is 2.52. The van der Waals surface area contributed by atoms with Gasteiger partial charge in [0.1, 0.15) is 0 Å². The summed E-state index contributed by atoms with van der Waals surface area (Å²) in [6.07, 6.45) is 1.34. The number of fused-ring (bicyclic) bond motifs is 1. The highest BCUT2D eigenvalue weighted by atomic mass is 35.5. The van der Waals surface area contributed by atoms with Gasteiger partial charge >= 0.3 is 0 Å². The minimum absolute atomic E-state index is 0.0167. The molecule has 2 atom stereocenters. The first-order valence-corrected chi connectivity index (χ1v) is 8.77. The van der Waals surface area contributed by atoms with E-state index < -0.39 is 10.0 Å². The molecule has 0 radical (unpaired) electrons. The summed E-state index contributed by atoms with van der Waals surface area (Å²) < 4.78 is 28.7. The fourth-order valence-corrected chi connectivity index (χ4v) is 5.84. The first-order chi connectivity index (χ1) is 9.59. The summed E-state index contributed by atoms with van der Waals surface area (Å²) >= 11 is 5.87. The quantitative estimate of drug-likeness (QED) is 0.812. The third-order valence-corrected chi connectivity index (χ3v) is 7.44. The molecule has 118 valence electrons. The lowest BCUT2D eigenvalue weighted by Gasteiger charge is -2.30. The van der Waals surface area contributed by atoms with Gasteiger partial charge in [0.15, 0.2) is 5.03 Å².